The molecular weight excluding hydrogens is 286 g/mol. The molecule has 5 heteroatoms. The van der Waals surface area contributed by atoms with E-state index in [0.717, 1.165) is 24.3 Å². The van der Waals surface area contributed by atoms with Gasteiger partial charge >= 0.3 is 0 Å². The summed E-state index contributed by atoms with van der Waals surface area (Å²) in [6, 6.07) is 7.37. The van der Waals surface area contributed by atoms with E-state index >= 15 is 0 Å². The average molecular weight is 306 g/mol. The van der Waals surface area contributed by atoms with Crippen molar-refractivity contribution in [1.29, 1.82) is 0 Å². The number of hydrogen-bond donors (Lipinski definition) is 1. The number of benzene rings is 1. The van der Waals surface area contributed by atoms with E-state index in [9.17, 15) is 0 Å². The van der Waals surface area contributed by atoms with Crippen LogP contribution in [-0.4, -0.2) is 16.5 Å². The Morgan fingerprint density at radius 2 is 2.00 bits per heavy atom. The molecule has 2 aromatic rings. The van der Waals surface area contributed by atoms with E-state index < -0.39 is 0 Å². The molecular formula is C16H20ClN3O. The first kappa shape index (κ1) is 15.6. The minimum Gasteiger partial charge on any atom is -0.437 e. The smallest absolute Gasteiger partial charge is 0.227 e. The monoisotopic (exact) mass is 305 g/mol. The maximum atomic E-state index is 6.15. The molecule has 1 N–H and O–H groups in total. The standard InChI is InChI=1S/C16H20ClN3O/c1-4-9-18-15-14(11(2)3)16(20-10-19-15)21-13-8-6-5-7-12(13)17/h5-8,10-11H,4,9H2,1-3H3,(H,18,19,20). The fourth-order valence-electron chi connectivity index (χ4n) is 2.00. The second-order valence-electron chi connectivity index (χ2n) is 5.06. The minimum atomic E-state index is 0.239. The van der Waals surface area contributed by atoms with Crippen molar-refractivity contribution in [1.82, 2.24) is 9.97 Å². The van der Waals surface area contributed by atoms with Crippen LogP contribution in [0.5, 0.6) is 11.6 Å². The van der Waals surface area contributed by atoms with Crippen molar-refractivity contribution in [3.63, 3.8) is 0 Å². The van der Waals surface area contributed by atoms with Crippen LogP contribution in [0.15, 0.2) is 30.6 Å². The fraction of sp³-hybridized carbons (Fsp3) is 0.375. The molecule has 0 atom stereocenters. The van der Waals surface area contributed by atoms with Crippen molar-refractivity contribution in [2.45, 2.75) is 33.1 Å². The lowest BCUT2D eigenvalue weighted by atomic mass is 10.1. The van der Waals surface area contributed by atoms with Crippen LogP contribution in [0.2, 0.25) is 5.02 Å². The Labute approximate surface area is 130 Å². The molecule has 0 aliphatic heterocycles. The van der Waals surface area contributed by atoms with Crippen LogP contribution in [-0.2, 0) is 0 Å². The molecule has 1 heterocycles. The van der Waals surface area contributed by atoms with Crippen LogP contribution in [0.1, 0.15) is 38.7 Å². The Morgan fingerprint density at radius 1 is 1.24 bits per heavy atom. The van der Waals surface area contributed by atoms with Gasteiger partial charge in [-0.05, 0) is 24.5 Å². The third-order valence-corrected chi connectivity index (χ3v) is 3.32. The molecule has 0 aliphatic carbocycles. The van der Waals surface area contributed by atoms with Gasteiger partial charge in [0.15, 0.2) is 0 Å². The van der Waals surface area contributed by atoms with Crippen molar-refractivity contribution in [3.8, 4) is 11.6 Å². The number of para-hydroxylation sites is 1. The maximum Gasteiger partial charge on any atom is 0.227 e. The molecule has 0 bridgehead atoms. The summed E-state index contributed by atoms with van der Waals surface area (Å²) in [5.41, 5.74) is 0.964. The lowest BCUT2D eigenvalue weighted by Gasteiger charge is -2.17. The highest BCUT2D eigenvalue weighted by Crippen LogP contribution is 2.35. The molecule has 0 amide bonds. The first-order chi connectivity index (χ1) is 10.1. The average Bonchev–Trinajstić information content (AvgIpc) is 2.47. The van der Waals surface area contributed by atoms with Gasteiger partial charge in [-0.3, -0.25) is 0 Å². The van der Waals surface area contributed by atoms with Gasteiger partial charge in [-0.25, -0.2) is 9.97 Å². The second kappa shape index (κ2) is 7.27. The van der Waals surface area contributed by atoms with Crippen molar-refractivity contribution in [2.24, 2.45) is 0 Å². The third-order valence-electron chi connectivity index (χ3n) is 3.01. The summed E-state index contributed by atoms with van der Waals surface area (Å²) in [4.78, 5) is 8.60. The van der Waals surface area contributed by atoms with Crippen molar-refractivity contribution >= 4 is 17.4 Å². The lowest BCUT2D eigenvalue weighted by Crippen LogP contribution is -2.08. The van der Waals surface area contributed by atoms with Crippen molar-refractivity contribution in [3.05, 3.63) is 41.2 Å². The first-order valence-corrected chi connectivity index (χ1v) is 7.52. The van der Waals surface area contributed by atoms with E-state index in [4.69, 9.17) is 16.3 Å². The van der Waals surface area contributed by atoms with E-state index in [1.54, 1.807) is 6.07 Å². The Bertz CT molecular complexity index is 602. The molecule has 0 aliphatic rings. The molecule has 0 saturated heterocycles. The summed E-state index contributed by atoms with van der Waals surface area (Å²) in [6.45, 7) is 7.16. The molecule has 0 unspecified atom stereocenters. The number of halogens is 1. The highest BCUT2D eigenvalue weighted by molar-refractivity contribution is 6.32. The maximum absolute atomic E-state index is 6.15. The molecule has 112 valence electrons. The zero-order valence-electron chi connectivity index (χ0n) is 12.6. The molecule has 0 spiro atoms. The Morgan fingerprint density at radius 3 is 2.67 bits per heavy atom. The molecule has 1 aromatic heterocycles. The number of aromatic nitrogens is 2. The van der Waals surface area contributed by atoms with E-state index in [2.05, 4.69) is 36.1 Å². The largest absolute Gasteiger partial charge is 0.437 e. The van der Waals surface area contributed by atoms with Crippen LogP contribution in [0.4, 0.5) is 5.82 Å². The van der Waals surface area contributed by atoms with Gasteiger partial charge in [0.25, 0.3) is 0 Å². The van der Waals surface area contributed by atoms with Crippen LogP contribution >= 0.6 is 11.6 Å². The van der Waals surface area contributed by atoms with E-state index in [1.165, 1.54) is 6.33 Å². The zero-order chi connectivity index (χ0) is 15.2. The van der Waals surface area contributed by atoms with Crippen LogP contribution < -0.4 is 10.1 Å². The summed E-state index contributed by atoms with van der Waals surface area (Å²) in [5.74, 6) is 2.21. The molecule has 0 radical (unpaired) electrons. The highest BCUT2D eigenvalue weighted by Gasteiger charge is 2.17. The Hall–Kier alpha value is -1.81. The normalized spacial score (nSPS) is 10.7. The minimum absolute atomic E-state index is 0.239. The summed E-state index contributed by atoms with van der Waals surface area (Å²) in [5, 5.41) is 3.88. The van der Waals surface area contributed by atoms with E-state index in [0.29, 0.717) is 16.7 Å². The predicted octanol–water partition coefficient (Wildman–Crippen LogP) is 4.87. The van der Waals surface area contributed by atoms with Gasteiger partial charge in [0.2, 0.25) is 5.88 Å². The highest BCUT2D eigenvalue weighted by atomic mass is 35.5. The summed E-state index contributed by atoms with van der Waals surface area (Å²) in [6.07, 6.45) is 2.54. The number of rotatable bonds is 6. The SMILES string of the molecule is CCCNc1ncnc(Oc2ccccc2Cl)c1C(C)C. The molecule has 0 fully saturated rings. The lowest BCUT2D eigenvalue weighted by molar-refractivity contribution is 0.452. The molecule has 21 heavy (non-hydrogen) atoms. The van der Waals surface area contributed by atoms with Crippen molar-refractivity contribution < 1.29 is 4.74 Å². The number of nitrogens with zero attached hydrogens (tertiary/aromatic N) is 2. The number of anilines is 1. The van der Waals surface area contributed by atoms with Gasteiger partial charge in [0.05, 0.1) is 10.6 Å². The molecule has 0 saturated carbocycles. The number of hydrogen-bond acceptors (Lipinski definition) is 4. The first-order valence-electron chi connectivity index (χ1n) is 7.14. The van der Waals surface area contributed by atoms with Crippen LogP contribution in [0.3, 0.4) is 0 Å². The van der Waals surface area contributed by atoms with Crippen LogP contribution in [0.25, 0.3) is 0 Å². The molecule has 4 nitrogen and oxygen atoms in total. The Kier molecular flexibility index (Phi) is 5.39. The van der Waals surface area contributed by atoms with Gasteiger partial charge in [-0.15, -0.1) is 0 Å². The zero-order valence-corrected chi connectivity index (χ0v) is 13.3. The number of ether oxygens (including phenoxy) is 1. The summed E-state index contributed by atoms with van der Waals surface area (Å²) >= 11 is 6.15. The topological polar surface area (TPSA) is 47.0 Å². The fourth-order valence-corrected chi connectivity index (χ4v) is 2.17. The van der Waals surface area contributed by atoms with E-state index in [1.807, 2.05) is 18.2 Å². The quantitative estimate of drug-likeness (QED) is 0.827. The van der Waals surface area contributed by atoms with Gasteiger partial charge in [-0.2, -0.15) is 0 Å². The van der Waals surface area contributed by atoms with E-state index in [-0.39, 0.29) is 5.92 Å². The molecule has 1 aromatic carbocycles. The number of nitrogens with one attached hydrogen (secondary N) is 1. The van der Waals surface area contributed by atoms with Crippen LogP contribution in [0, 0.1) is 0 Å². The second-order valence-corrected chi connectivity index (χ2v) is 5.46. The summed E-state index contributed by atoms with van der Waals surface area (Å²) in [7, 11) is 0. The van der Waals surface area contributed by atoms with Crippen molar-refractivity contribution in [2.75, 3.05) is 11.9 Å². The van der Waals surface area contributed by atoms with Gasteiger partial charge in [0, 0.05) is 6.54 Å². The third kappa shape index (κ3) is 3.85. The summed E-state index contributed by atoms with van der Waals surface area (Å²) < 4.78 is 5.90. The van der Waals surface area contributed by atoms with Gasteiger partial charge in [-0.1, -0.05) is 44.5 Å². The van der Waals surface area contributed by atoms with Gasteiger partial charge in [0.1, 0.15) is 17.9 Å². The predicted molar refractivity (Wildman–Crippen MR) is 86.4 cm³/mol. The Balaban J connectivity index is 2.36. The van der Waals surface area contributed by atoms with Gasteiger partial charge < -0.3 is 10.1 Å². The molecule has 2 rings (SSSR count).